The average Bonchev–Trinajstić information content (AvgIpc) is 2.95. The fourth-order valence-corrected chi connectivity index (χ4v) is 5.88. The number of nitrogens with zero attached hydrogens (tertiary/aromatic N) is 1. The van der Waals surface area contributed by atoms with Crippen LogP contribution in [0.1, 0.15) is 168 Å². The van der Waals surface area contributed by atoms with E-state index in [9.17, 15) is 10.2 Å². The van der Waals surface area contributed by atoms with Crippen LogP contribution in [0.15, 0.2) is 0 Å². The molecule has 0 aromatic heterocycles. The first kappa shape index (κ1) is 44.2. The third kappa shape index (κ3) is 31.5. The van der Waals surface area contributed by atoms with Gasteiger partial charge in [-0.3, -0.25) is 0 Å². The van der Waals surface area contributed by atoms with Gasteiger partial charge in [-0.15, -0.1) is 0 Å². The lowest BCUT2D eigenvalue weighted by atomic mass is 10.1. The summed E-state index contributed by atoms with van der Waals surface area (Å²) in [6.07, 6.45) is 32.5. The maximum absolute atomic E-state index is 9.58. The van der Waals surface area contributed by atoms with Crippen molar-refractivity contribution >= 4 is 0 Å². The first-order valence-corrected chi connectivity index (χ1v) is 18.4. The number of quaternary nitrogens is 1. The number of unbranched alkanes of at least 4 members (excludes halogenated alkanes) is 22. The van der Waals surface area contributed by atoms with Gasteiger partial charge in [0.15, 0.2) is 0 Å². The lowest BCUT2D eigenvalue weighted by Gasteiger charge is -2.36. The monoisotopic (exact) mass is 622 g/mol. The van der Waals surface area contributed by atoms with Crippen molar-refractivity contribution in [2.75, 3.05) is 59.7 Å². The molecule has 0 heterocycles. The van der Waals surface area contributed by atoms with E-state index in [0.717, 1.165) is 32.6 Å². The topological polar surface area (TPSA) is 58.9 Å². The highest BCUT2D eigenvalue weighted by molar-refractivity contribution is 4.59. The number of likely N-dealkylation sites (N-methyl/N-ethyl adjacent to an activating group) is 1. The van der Waals surface area contributed by atoms with Crippen molar-refractivity contribution in [2.24, 2.45) is 0 Å². The summed E-state index contributed by atoms with van der Waals surface area (Å²) < 4.78 is 13.0. The molecule has 0 bridgehead atoms. The van der Waals surface area contributed by atoms with Crippen molar-refractivity contribution in [1.29, 1.82) is 0 Å². The molecule has 42 heavy (non-hydrogen) atoms. The minimum atomic E-state index is 0. The van der Waals surface area contributed by atoms with E-state index in [0.29, 0.717) is 24.2 Å². The lowest BCUT2D eigenvalue weighted by Crippen LogP contribution is -3.00. The zero-order valence-corrected chi connectivity index (χ0v) is 29.5. The van der Waals surface area contributed by atoms with Crippen LogP contribution >= 0.6 is 0 Å². The molecule has 0 amide bonds. The number of hydrogen-bond acceptors (Lipinski definition) is 4. The number of rotatable bonds is 35. The summed E-state index contributed by atoms with van der Waals surface area (Å²) in [5, 5.41) is 19.2. The summed E-state index contributed by atoms with van der Waals surface area (Å²) in [6.45, 7) is 9.07. The minimum Gasteiger partial charge on any atom is -1.00 e. The Morgan fingerprint density at radius 1 is 0.500 bits per heavy atom. The molecule has 1 unspecified atom stereocenters. The van der Waals surface area contributed by atoms with Gasteiger partial charge in [0, 0.05) is 13.2 Å². The standard InChI is InChI=1S/C36H76NO4.ClH/c1-4-6-8-10-12-14-16-18-20-22-24-26-32-40-35-36(34-37(3,28-30-38)29-31-39)41-33-27-25-23-21-19-17-15-13-11-9-7-5-2;/h36,38-39H,4-35H2,1-3H3;1H/q+1;/p-1. The normalized spacial score (nSPS) is 12.5. The number of ether oxygens (including phenoxy) is 2. The smallest absolute Gasteiger partial charge is 0.130 e. The van der Waals surface area contributed by atoms with Gasteiger partial charge >= 0.3 is 0 Å². The van der Waals surface area contributed by atoms with Crippen LogP contribution in [-0.4, -0.2) is 80.5 Å². The van der Waals surface area contributed by atoms with Crippen LogP contribution in [0.3, 0.4) is 0 Å². The zero-order valence-electron chi connectivity index (χ0n) is 28.7. The van der Waals surface area contributed by atoms with Crippen LogP contribution in [0.2, 0.25) is 0 Å². The fourth-order valence-electron chi connectivity index (χ4n) is 5.88. The van der Waals surface area contributed by atoms with Crippen molar-refractivity contribution in [2.45, 2.75) is 174 Å². The maximum Gasteiger partial charge on any atom is 0.130 e. The van der Waals surface area contributed by atoms with Gasteiger partial charge in [-0.1, -0.05) is 155 Å². The van der Waals surface area contributed by atoms with Gasteiger partial charge in [0.2, 0.25) is 0 Å². The Morgan fingerprint density at radius 2 is 0.833 bits per heavy atom. The second-order valence-electron chi connectivity index (χ2n) is 13.0. The third-order valence-corrected chi connectivity index (χ3v) is 8.72. The third-order valence-electron chi connectivity index (χ3n) is 8.72. The van der Waals surface area contributed by atoms with E-state index in [2.05, 4.69) is 20.9 Å². The van der Waals surface area contributed by atoms with Crippen molar-refractivity contribution in [3.63, 3.8) is 0 Å². The molecular formula is C36H76ClNO4. The quantitative estimate of drug-likeness (QED) is 0.0651. The number of aliphatic hydroxyl groups is 2. The Kier molecular flexibility index (Phi) is 37.4. The molecule has 0 aromatic carbocycles. The lowest BCUT2D eigenvalue weighted by molar-refractivity contribution is -0.913. The number of hydrogen-bond donors (Lipinski definition) is 2. The van der Waals surface area contributed by atoms with Crippen molar-refractivity contribution in [3.8, 4) is 0 Å². The highest BCUT2D eigenvalue weighted by Gasteiger charge is 2.26. The van der Waals surface area contributed by atoms with E-state index < -0.39 is 0 Å². The SMILES string of the molecule is CCCCCCCCCCCCCCOCC(C[N+](C)(CCO)CCO)OCCCCCCCCCCCCCC.[Cl-]. The predicted octanol–water partition coefficient (Wildman–Crippen LogP) is 6.23. The summed E-state index contributed by atoms with van der Waals surface area (Å²) in [5.74, 6) is 0. The molecule has 5 nitrogen and oxygen atoms in total. The fraction of sp³-hybridized carbons (Fsp3) is 1.00. The number of aliphatic hydroxyl groups excluding tert-OH is 2. The van der Waals surface area contributed by atoms with Gasteiger partial charge in [0.25, 0.3) is 0 Å². The highest BCUT2D eigenvalue weighted by Crippen LogP contribution is 2.14. The predicted molar refractivity (Wildman–Crippen MR) is 178 cm³/mol. The Labute approximate surface area is 269 Å². The first-order chi connectivity index (χ1) is 20.1. The average molecular weight is 622 g/mol. The molecule has 0 saturated heterocycles. The van der Waals surface area contributed by atoms with Gasteiger partial charge in [-0.2, -0.15) is 0 Å². The Bertz CT molecular complexity index is 491. The summed E-state index contributed by atoms with van der Waals surface area (Å²) in [7, 11) is 2.11. The Hall–Kier alpha value is 0.0900. The van der Waals surface area contributed by atoms with Crippen LogP contribution in [-0.2, 0) is 9.47 Å². The molecule has 2 N–H and O–H groups in total. The molecule has 0 aliphatic carbocycles. The van der Waals surface area contributed by atoms with Gasteiger partial charge in [0.1, 0.15) is 25.7 Å². The van der Waals surface area contributed by atoms with E-state index in [1.165, 1.54) is 141 Å². The van der Waals surface area contributed by atoms with Gasteiger partial charge in [-0.25, -0.2) is 0 Å². The van der Waals surface area contributed by atoms with Crippen molar-refractivity contribution in [1.82, 2.24) is 0 Å². The molecule has 0 aliphatic heterocycles. The molecule has 256 valence electrons. The minimum absolute atomic E-state index is 0. The highest BCUT2D eigenvalue weighted by atomic mass is 35.5. The molecule has 0 aliphatic rings. The molecule has 0 spiro atoms. The first-order valence-electron chi connectivity index (χ1n) is 18.4. The van der Waals surface area contributed by atoms with E-state index in [1.807, 2.05) is 0 Å². The number of halogens is 1. The van der Waals surface area contributed by atoms with Crippen molar-refractivity contribution < 1.29 is 36.6 Å². The zero-order chi connectivity index (χ0) is 30.1. The molecule has 0 saturated carbocycles. The van der Waals surface area contributed by atoms with Crippen LogP contribution < -0.4 is 12.4 Å². The molecule has 0 fully saturated rings. The summed E-state index contributed by atoms with van der Waals surface area (Å²) in [4.78, 5) is 0. The molecule has 0 radical (unpaired) electrons. The van der Waals surface area contributed by atoms with Gasteiger partial charge < -0.3 is 36.6 Å². The van der Waals surface area contributed by atoms with E-state index in [-0.39, 0.29) is 31.7 Å². The molecule has 0 aromatic rings. The Morgan fingerprint density at radius 3 is 1.19 bits per heavy atom. The van der Waals surface area contributed by atoms with Crippen LogP contribution in [0.4, 0.5) is 0 Å². The van der Waals surface area contributed by atoms with Crippen LogP contribution in [0.25, 0.3) is 0 Å². The molecular weight excluding hydrogens is 546 g/mol. The van der Waals surface area contributed by atoms with Crippen LogP contribution in [0.5, 0.6) is 0 Å². The van der Waals surface area contributed by atoms with Crippen molar-refractivity contribution in [3.05, 3.63) is 0 Å². The largest absolute Gasteiger partial charge is 1.00 e. The maximum atomic E-state index is 9.58. The molecule has 1 atom stereocenters. The van der Waals surface area contributed by atoms with E-state index in [1.54, 1.807) is 0 Å². The van der Waals surface area contributed by atoms with E-state index in [4.69, 9.17) is 9.47 Å². The van der Waals surface area contributed by atoms with E-state index >= 15 is 0 Å². The second-order valence-corrected chi connectivity index (χ2v) is 13.0. The van der Waals surface area contributed by atoms with Gasteiger partial charge in [0.05, 0.1) is 26.9 Å². The summed E-state index contributed by atoms with van der Waals surface area (Å²) >= 11 is 0. The molecule has 6 heteroatoms. The summed E-state index contributed by atoms with van der Waals surface area (Å²) in [6, 6.07) is 0. The Balaban J connectivity index is 0. The summed E-state index contributed by atoms with van der Waals surface area (Å²) in [5.41, 5.74) is 0. The second kappa shape index (κ2) is 35.6. The van der Waals surface area contributed by atoms with Gasteiger partial charge in [-0.05, 0) is 12.8 Å². The molecule has 0 rings (SSSR count). The van der Waals surface area contributed by atoms with Crippen LogP contribution in [0, 0.1) is 0 Å².